The van der Waals surface area contributed by atoms with Gasteiger partial charge in [-0.3, -0.25) is 4.79 Å². The van der Waals surface area contributed by atoms with Crippen LogP contribution < -0.4 is 10.5 Å². The molecule has 0 saturated heterocycles. The number of ether oxygens (including phenoxy) is 2. The van der Waals surface area contributed by atoms with E-state index in [9.17, 15) is 13.6 Å². The fraction of sp³-hybridized carbons (Fsp3) is 0.364. The predicted molar refractivity (Wildman–Crippen MR) is 56.6 cm³/mol. The Morgan fingerprint density at radius 1 is 1.41 bits per heavy atom. The van der Waals surface area contributed by atoms with Crippen molar-refractivity contribution in [1.82, 2.24) is 0 Å². The number of hydrogen-bond donors (Lipinski definition) is 1. The van der Waals surface area contributed by atoms with E-state index in [-0.39, 0.29) is 12.2 Å². The fourth-order valence-electron chi connectivity index (χ4n) is 1.37. The highest BCUT2D eigenvalue weighted by Crippen LogP contribution is 2.22. The summed E-state index contributed by atoms with van der Waals surface area (Å²) in [6, 6.07) is 1.34. The average Bonchev–Trinajstić information content (AvgIpc) is 2.32. The lowest BCUT2D eigenvalue weighted by molar-refractivity contribution is -0.142. The fourth-order valence-corrected chi connectivity index (χ4v) is 1.37. The van der Waals surface area contributed by atoms with Crippen molar-refractivity contribution < 1.29 is 23.0 Å². The molecule has 0 heterocycles. The smallest absolute Gasteiger partial charge is 0.322 e. The third kappa shape index (κ3) is 3.13. The summed E-state index contributed by atoms with van der Waals surface area (Å²) in [4.78, 5) is 11.1. The zero-order valence-corrected chi connectivity index (χ0v) is 9.50. The van der Waals surface area contributed by atoms with Gasteiger partial charge < -0.3 is 15.2 Å². The topological polar surface area (TPSA) is 61.5 Å². The highest BCUT2D eigenvalue weighted by Gasteiger charge is 2.17. The minimum Gasteiger partial charge on any atom is -0.494 e. The SMILES string of the molecule is COC(=O)[C@H](N)Cc1cc(F)c(F)c(OC)c1. The predicted octanol–water partition coefficient (Wildman–Crippen LogP) is 1.02. The summed E-state index contributed by atoms with van der Waals surface area (Å²) in [5.41, 5.74) is 5.87. The first-order chi connectivity index (χ1) is 7.99. The number of benzene rings is 1. The van der Waals surface area contributed by atoms with Crippen LogP contribution in [0.4, 0.5) is 8.78 Å². The van der Waals surface area contributed by atoms with Gasteiger partial charge in [-0.05, 0) is 24.1 Å². The summed E-state index contributed by atoms with van der Waals surface area (Å²) in [6.45, 7) is 0. The number of nitrogens with two attached hydrogens (primary N) is 1. The van der Waals surface area contributed by atoms with Crippen LogP contribution in [0.25, 0.3) is 0 Å². The van der Waals surface area contributed by atoms with Gasteiger partial charge in [0.1, 0.15) is 6.04 Å². The van der Waals surface area contributed by atoms with Gasteiger partial charge in [0, 0.05) is 0 Å². The van der Waals surface area contributed by atoms with Gasteiger partial charge in [0.2, 0.25) is 5.82 Å². The van der Waals surface area contributed by atoms with Gasteiger partial charge in [-0.15, -0.1) is 0 Å². The second-order valence-corrected chi connectivity index (χ2v) is 3.43. The lowest BCUT2D eigenvalue weighted by Crippen LogP contribution is -2.33. The molecule has 17 heavy (non-hydrogen) atoms. The molecule has 1 aromatic rings. The molecule has 0 aliphatic carbocycles. The molecule has 0 fully saturated rings. The van der Waals surface area contributed by atoms with Crippen LogP contribution in [-0.4, -0.2) is 26.2 Å². The van der Waals surface area contributed by atoms with Crippen LogP contribution in [0, 0.1) is 11.6 Å². The molecule has 2 N–H and O–H groups in total. The molecule has 6 heteroatoms. The van der Waals surface area contributed by atoms with Gasteiger partial charge in [-0.25, -0.2) is 4.39 Å². The number of esters is 1. The molecule has 0 unspecified atom stereocenters. The summed E-state index contributed by atoms with van der Waals surface area (Å²) >= 11 is 0. The lowest BCUT2D eigenvalue weighted by Gasteiger charge is -2.11. The summed E-state index contributed by atoms with van der Waals surface area (Å²) < 4.78 is 35.4. The maximum absolute atomic E-state index is 13.1. The van der Waals surface area contributed by atoms with Crippen molar-refractivity contribution in [2.45, 2.75) is 12.5 Å². The Kier molecular flexibility index (Phi) is 4.39. The normalized spacial score (nSPS) is 12.1. The standard InChI is InChI=1S/C11H13F2NO3/c1-16-9-5-6(3-7(12)10(9)13)4-8(14)11(15)17-2/h3,5,8H,4,14H2,1-2H3/t8-/m1/s1. The minimum absolute atomic E-state index is 0.0419. The van der Waals surface area contributed by atoms with E-state index in [1.54, 1.807) is 0 Å². The number of rotatable bonds is 4. The van der Waals surface area contributed by atoms with Crippen molar-refractivity contribution in [1.29, 1.82) is 0 Å². The molecule has 1 aromatic carbocycles. The average molecular weight is 245 g/mol. The van der Waals surface area contributed by atoms with E-state index in [1.165, 1.54) is 20.3 Å². The molecule has 0 radical (unpaired) electrons. The number of hydrogen-bond acceptors (Lipinski definition) is 4. The molecule has 0 saturated carbocycles. The summed E-state index contributed by atoms with van der Waals surface area (Å²) in [7, 11) is 2.43. The van der Waals surface area contributed by atoms with Crippen LogP contribution in [0.5, 0.6) is 5.75 Å². The van der Waals surface area contributed by atoms with Crippen molar-refractivity contribution in [2.75, 3.05) is 14.2 Å². The van der Waals surface area contributed by atoms with E-state index >= 15 is 0 Å². The zero-order valence-electron chi connectivity index (χ0n) is 9.50. The maximum Gasteiger partial charge on any atom is 0.322 e. The molecule has 0 aromatic heterocycles. The van der Waals surface area contributed by atoms with Crippen LogP contribution in [0.15, 0.2) is 12.1 Å². The number of halogens is 2. The first-order valence-electron chi connectivity index (χ1n) is 4.85. The minimum atomic E-state index is -1.07. The maximum atomic E-state index is 13.1. The summed E-state index contributed by atoms with van der Waals surface area (Å²) in [5, 5.41) is 0. The molecule has 0 aliphatic rings. The van der Waals surface area contributed by atoms with Crippen molar-refractivity contribution in [3.05, 3.63) is 29.3 Å². The van der Waals surface area contributed by atoms with E-state index in [0.29, 0.717) is 5.56 Å². The van der Waals surface area contributed by atoms with E-state index in [4.69, 9.17) is 5.73 Å². The Balaban J connectivity index is 2.92. The van der Waals surface area contributed by atoms with E-state index in [1.807, 2.05) is 0 Å². The number of carbonyl (C=O) groups is 1. The number of methoxy groups -OCH3 is 2. The third-order valence-electron chi connectivity index (χ3n) is 2.23. The third-order valence-corrected chi connectivity index (χ3v) is 2.23. The number of carbonyl (C=O) groups excluding carboxylic acids is 1. The quantitative estimate of drug-likeness (QED) is 0.804. The highest BCUT2D eigenvalue weighted by molar-refractivity contribution is 5.75. The lowest BCUT2D eigenvalue weighted by atomic mass is 10.1. The van der Waals surface area contributed by atoms with Crippen LogP contribution in [0.2, 0.25) is 0 Å². The van der Waals surface area contributed by atoms with Gasteiger partial charge in [-0.1, -0.05) is 0 Å². The Labute approximate surface area is 97.3 Å². The van der Waals surface area contributed by atoms with Gasteiger partial charge in [0.15, 0.2) is 11.6 Å². The van der Waals surface area contributed by atoms with Crippen LogP contribution >= 0.6 is 0 Å². The molecule has 1 rings (SSSR count). The van der Waals surface area contributed by atoms with Crippen molar-refractivity contribution in [3.8, 4) is 5.75 Å². The largest absolute Gasteiger partial charge is 0.494 e. The Hall–Kier alpha value is -1.69. The first kappa shape index (κ1) is 13.4. The summed E-state index contributed by atoms with van der Waals surface area (Å²) in [5.74, 6) is -2.95. The molecule has 94 valence electrons. The van der Waals surface area contributed by atoms with Gasteiger partial charge in [0.25, 0.3) is 0 Å². The second-order valence-electron chi connectivity index (χ2n) is 3.43. The van der Waals surface area contributed by atoms with Crippen LogP contribution in [0.3, 0.4) is 0 Å². The Morgan fingerprint density at radius 3 is 2.59 bits per heavy atom. The highest BCUT2D eigenvalue weighted by atomic mass is 19.2. The molecular weight excluding hydrogens is 232 g/mol. The Bertz CT molecular complexity index is 423. The van der Waals surface area contributed by atoms with Gasteiger partial charge >= 0.3 is 5.97 Å². The van der Waals surface area contributed by atoms with Crippen molar-refractivity contribution in [2.24, 2.45) is 5.73 Å². The molecule has 4 nitrogen and oxygen atoms in total. The van der Waals surface area contributed by atoms with Crippen LogP contribution in [0.1, 0.15) is 5.56 Å². The van der Waals surface area contributed by atoms with E-state index in [2.05, 4.69) is 9.47 Å². The molecule has 0 spiro atoms. The summed E-state index contributed by atoms with van der Waals surface area (Å²) in [6.07, 6.45) is 0.0419. The first-order valence-corrected chi connectivity index (χ1v) is 4.85. The molecule has 0 aliphatic heterocycles. The molecule has 0 bridgehead atoms. The van der Waals surface area contributed by atoms with E-state index in [0.717, 1.165) is 6.07 Å². The molecular formula is C11H13F2NO3. The van der Waals surface area contributed by atoms with E-state index < -0.39 is 23.6 Å². The van der Waals surface area contributed by atoms with Crippen molar-refractivity contribution in [3.63, 3.8) is 0 Å². The zero-order chi connectivity index (χ0) is 13.0. The Morgan fingerprint density at radius 2 is 2.06 bits per heavy atom. The van der Waals surface area contributed by atoms with Crippen LogP contribution in [-0.2, 0) is 16.0 Å². The molecule has 1 atom stereocenters. The molecule has 0 amide bonds. The van der Waals surface area contributed by atoms with Gasteiger partial charge in [-0.2, -0.15) is 4.39 Å². The monoisotopic (exact) mass is 245 g/mol. The van der Waals surface area contributed by atoms with Crippen molar-refractivity contribution >= 4 is 5.97 Å². The second kappa shape index (κ2) is 5.58. The van der Waals surface area contributed by atoms with Gasteiger partial charge in [0.05, 0.1) is 14.2 Å².